The van der Waals surface area contributed by atoms with Crippen LogP contribution in [0.25, 0.3) is 0 Å². The van der Waals surface area contributed by atoms with E-state index in [1.807, 2.05) is 34.1 Å². The number of likely N-dealkylation sites (tertiary alicyclic amines) is 1. The van der Waals surface area contributed by atoms with Gasteiger partial charge >= 0.3 is 0 Å². The molecule has 2 aromatic rings. The number of hydrogen-bond donors (Lipinski definition) is 0. The lowest BCUT2D eigenvalue weighted by Gasteiger charge is -2.44. The number of pyridine rings is 2. The van der Waals surface area contributed by atoms with Crippen LogP contribution in [-0.2, 0) is 0 Å². The molecule has 5 heterocycles. The lowest BCUT2D eigenvalue weighted by molar-refractivity contribution is 0.0372. The Labute approximate surface area is 189 Å². The van der Waals surface area contributed by atoms with Crippen LogP contribution >= 0.6 is 0 Å². The second-order valence-electron chi connectivity index (χ2n) is 9.19. The van der Waals surface area contributed by atoms with Crippen LogP contribution in [0.3, 0.4) is 0 Å². The van der Waals surface area contributed by atoms with Crippen molar-refractivity contribution in [2.24, 2.45) is 0 Å². The third-order valence-corrected chi connectivity index (χ3v) is 7.24. The summed E-state index contributed by atoms with van der Waals surface area (Å²) in [5, 5.41) is 0. The van der Waals surface area contributed by atoms with Crippen molar-refractivity contribution in [2.75, 3.05) is 39.3 Å². The minimum Gasteiger partial charge on any atom is -0.337 e. The number of piperazine rings is 1. The molecule has 3 aliphatic rings. The molecule has 3 saturated heterocycles. The number of carbonyl (C=O) groups excluding carboxylic acids is 2. The van der Waals surface area contributed by atoms with Crippen molar-refractivity contribution in [1.82, 2.24) is 24.7 Å². The summed E-state index contributed by atoms with van der Waals surface area (Å²) in [6.45, 7) is 5.21. The van der Waals surface area contributed by atoms with E-state index in [-0.39, 0.29) is 11.8 Å². The van der Waals surface area contributed by atoms with Gasteiger partial charge in [-0.15, -0.1) is 0 Å². The first-order chi connectivity index (χ1) is 15.7. The van der Waals surface area contributed by atoms with Gasteiger partial charge < -0.3 is 9.80 Å². The standard InChI is InChI=1S/C25H31N5O2/c31-24(30-16-15-28-12-4-2-5-21(28)18-30)20-7-8-22(27-17-20)19-9-13-29(14-10-19)25(32)23-6-1-3-11-26-23/h1,3,6-8,11,17,19,21H,2,4-5,9-10,12-16,18H2. The van der Waals surface area contributed by atoms with Crippen LogP contribution in [0.5, 0.6) is 0 Å². The Bertz CT molecular complexity index is 941. The summed E-state index contributed by atoms with van der Waals surface area (Å²) in [7, 11) is 0. The molecule has 0 N–H and O–H groups in total. The predicted molar refractivity (Wildman–Crippen MR) is 121 cm³/mol. The molecule has 5 rings (SSSR count). The number of rotatable bonds is 3. The number of aromatic nitrogens is 2. The highest BCUT2D eigenvalue weighted by atomic mass is 16.2. The Hall–Kier alpha value is -2.80. The molecule has 3 fully saturated rings. The summed E-state index contributed by atoms with van der Waals surface area (Å²) in [6.07, 6.45) is 8.91. The normalized spacial score (nSPS) is 22.4. The third-order valence-electron chi connectivity index (χ3n) is 7.24. The predicted octanol–water partition coefficient (Wildman–Crippen LogP) is 2.81. The van der Waals surface area contributed by atoms with Gasteiger partial charge in [0.1, 0.15) is 5.69 Å². The number of nitrogens with zero attached hydrogens (tertiary/aromatic N) is 5. The van der Waals surface area contributed by atoms with Gasteiger partial charge in [-0.3, -0.25) is 24.5 Å². The topological polar surface area (TPSA) is 69.6 Å². The fraction of sp³-hybridized carbons (Fsp3) is 0.520. The summed E-state index contributed by atoms with van der Waals surface area (Å²) >= 11 is 0. The van der Waals surface area contributed by atoms with Crippen LogP contribution in [0, 0.1) is 0 Å². The van der Waals surface area contributed by atoms with E-state index in [0.29, 0.717) is 36.3 Å². The van der Waals surface area contributed by atoms with Crippen LogP contribution in [-0.4, -0.2) is 81.8 Å². The van der Waals surface area contributed by atoms with Crippen molar-refractivity contribution in [3.63, 3.8) is 0 Å². The number of amides is 2. The molecule has 0 aliphatic carbocycles. The van der Waals surface area contributed by atoms with Gasteiger partial charge in [0.05, 0.1) is 5.56 Å². The molecule has 0 radical (unpaired) electrons. The molecule has 2 amide bonds. The van der Waals surface area contributed by atoms with E-state index in [0.717, 1.165) is 38.2 Å². The highest BCUT2D eigenvalue weighted by Crippen LogP contribution is 2.28. The van der Waals surface area contributed by atoms with Crippen molar-refractivity contribution >= 4 is 11.8 Å². The molecule has 2 aromatic heterocycles. The lowest BCUT2D eigenvalue weighted by Crippen LogP contribution is -2.56. The largest absolute Gasteiger partial charge is 0.337 e. The summed E-state index contributed by atoms with van der Waals surface area (Å²) in [6, 6.07) is 9.88. The number of piperidine rings is 2. The first kappa shape index (κ1) is 21.1. The molecule has 0 spiro atoms. The quantitative estimate of drug-likeness (QED) is 0.745. The molecule has 0 aromatic carbocycles. The fourth-order valence-electron chi connectivity index (χ4n) is 5.33. The van der Waals surface area contributed by atoms with E-state index in [4.69, 9.17) is 0 Å². The van der Waals surface area contributed by atoms with Crippen LogP contribution in [0.2, 0.25) is 0 Å². The maximum Gasteiger partial charge on any atom is 0.272 e. The number of hydrogen-bond acceptors (Lipinski definition) is 5. The zero-order valence-electron chi connectivity index (χ0n) is 18.5. The minimum atomic E-state index is -0.00369. The smallest absolute Gasteiger partial charge is 0.272 e. The van der Waals surface area contributed by atoms with Crippen LogP contribution in [0.1, 0.15) is 64.6 Å². The Morgan fingerprint density at radius 2 is 1.69 bits per heavy atom. The van der Waals surface area contributed by atoms with E-state index in [9.17, 15) is 9.59 Å². The zero-order chi connectivity index (χ0) is 21.9. The molecular formula is C25H31N5O2. The molecule has 3 aliphatic heterocycles. The highest BCUT2D eigenvalue weighted by Gasteiger charge is 2.32. The Morgan fingerprint density at radius 1 is 0.812 bits per heavy atom. The van der Waals surface area contributed by atoms with Crippen molar-refractivity contribution in [3.05, 3.63) is 59.7 Å². The Kier molecular flexibility index (Phi) is 6.17. The van der Waals surface area contributed by atoms with Gasteiger partial charge in [-0.25, -0.2) is 0 Å². The average molecular weight is 434 g/mol. The molecule has 1 unspecified atom stereocenters. The number of carbonyl (C=O) groups is 2. The van der Waals surface area contributed by atoms with Crippen molar-refractivity contribution in [2.45, 2.75) is 44.1 Å². The fourth-order valence-corrected chi connectivity index (χ4v) is 5.33. The van der Waals surface area contributed by atoms with E-state index in [1.54, 1.807) is 18.5 Å². The van der Waals surface area contributed by atoms with Gasteiger partial charge in [-0.05, 0) is 56.5 Å². The summed E-state index contributed by atoms with van der Waals surface area (Å²) in [4.78, 5) is 40.9. The highest BCUT2D eigenvalue weighted by molar-refractivity contribution is 5.94. The maximum atomic E-state index is 13.0. The second kappa shape index (κ2) is 9.36. The molecule has 7 nitrogen and oxygen atoms in total. The van der Waals surface area contributed by atoms with Gasteiger partial charge in [-0.1, -0.05) is 12.5 Å². The Morgan fingerprint density at radius 3 is 2.44 bits per heavy atom. The average Bonchev–Trinajstić information content (AvgIpc) is 2.88. The van der Waals surface area contributed by atoms with Crippen LogP contribution in [0.15, 0.2) is 42.7 Å². The molecule has 7 heteroatoms. The minimum absolute atomic E-state index is 0.00369. The van der Waals surface area contributed by atoms with Crippen LogP contribution < -0.4 is 0 Å². The van der Waals surface area contributed by atoms with E-state index < -0.39 is 0 Å². The molecule has 1 atom stereocenters. The van der Waals surface area contributed by atoms with Crippen molar-refractivity contribution in [1.29, 1.82) is 0 Å². The first-order valence-corrected chi connectivity index (χ1v) is 11.9. The molecule has 0 saturated carbocycles. The third kappa shape index (κ3) is 4.39. The van der Waals surface area contributed by atoms with Crippen LogP contribution in [0.4, 0.5) is 0 Å². The van der Waals surface area contributed by atoms with Gasteiger partial charge in [0.25, 0.3) is 11.8 Å². The molecular weight excluding hydrogens is 402 g/mol. The molecule has 168 valence electrons. The summed E-state index contributed by atoms with van der Waals surface area (Å²) in [5.41, 5.74) is 2.20. The van der Waals surface area contributed by atoms with Crippen molar-refractivity contribution < 1.29 is 9.59 Å². The van der Waals surface area contributed by atoms with E-state index in [2.05, 4.69) is 14.9 Å². The van der Waals surface area contributed by atoms with Crippen molar-refractivity contribution in [3.8, 4) is 0 Å². The molecule has 32 heavy (non-hydrogen) atoms. The zero-order valence-corrected chi connectivity index (χ0v) is 18.5. The summed E-state index contributed by atoms with van der Waals surface area (Å²) in [5.74, 6) is 0.416. The monoisotopic (exact) mass is 433 g/mol. The number of fused-ring (bicyclic) bond motifs is 1. The maximum absolute atomic E-state index is 13.0. The summed E-state index contributed by atoms with van der Waals surface area (Å²) < 4.78 is 0. The van der Waals surface area contributed by atoms with Gasteiger partial charge in [0.2, 0.25) is 0 Å². The van der Waals surface area contributed by atoms with Gasteiger partial charge in [0.15, 0.2) is 0 Å². The Balaban J connectivity index is 1.16. The molecule has 0 bridgehead atoms. The van der Waals surface area contributed by atoms with E-state index >= 15 is 0 Å². The lowest BCUT2D eigenvalue weighted by atomic mass is 9.92. The van der Waals surface area contributed by atoms with Gasteiger partial charge in [0, 0.05) is 62.8 Å². The van der Waals surface area contributed by atoms with Gasteiger partial charge in [-0.2, -0.15) is 0 Å². The first-order valence-electron chi connectivity index (χ1n) is 11.9. The SMILES string of the molecule is O=C(c1ccc(C2CCN(C(=O)c3ccccn3)CC2)nc1)N1CCN2CCCCC2C1. The second-order valence-corrected chi connectivity index (χ2v) is 9.19. The van der Waals surface area contributed by atoms with E-state index in [1.165, 1.54) is 25.8 Å².